The number of halogens is 1. The van der Waals surface area contributed by atoms with E-state index in [1.54, 1.807) is 12.1 Å². The van der Waals surface area contributed by atoms with Gasteiger partial charge < -0.3 is 5.73 Å². The van der Waals surface area contributed by atoms with E-state index in [1.807, 2.05) is 0 Å². The fraction of sp³-hybridized carbons (Fsp3) is 0.200. The molecule has 1 aromatic rings. The minimum absolute atomic E-state index is 0.277. The maximum Gasteiger partial charge on any atom is 0.155 e. The van der Waals surface area contributed by atoms with Gasteiger partial charge in [-0.15, -0.1) is 0 Å². The van der Waals surface area contributed by atoms with Crippen molar-refractivity contribution >= 4 is 16.9 Å². The summed E-state index contributed by atoms with van der Waals surface area (Å²) < 4.78 is 12.7. The molecule has 0 spiro atoms. The number of hydrogen-bond donors (Lipinski definition) is 1. The lowest BCUT2D eigenvalue weighted by molar-refractivity contribution is 0.625. The van der Waals surface area contributed by atoms with E-state index in [4.69, 9.17) is 11.0 Å². The fourth-order valence-electron chi connectivity index (χ4n) is 1.44. The topological polar surface area (TPSA) is 62.2 Å². The number of aliphatic imine (C=N–C) groups is 1. The van der Waals surface area contributed by atoms with Crippen LogP contribution < -0.4 is 5.73 Å². The van der Waals surface area contributed by atoms with Crippen LogP contribution in [-0.4, -0.2) is 10.4 Å². The van der Waals surface area contributed by atoms with Crippen LogP contribution in [0, 0.1) is 17.1 Å². The van der Waals surface area contributed by atoms with Gasteiger partial charge in [-0.2, -0.15) is 5.26 Å². The molecule has 15 heavy (non-hydrogen) atoms. The van der Waals surface area contributed by atoms with Gasteiger partial charge in [-0.05, 0) is 17.7 Å². The molecule has 5 heteroatoms. The van der Waals surface area contributed by atoms with Crippen LogP contribution >= 0.6 is 11.8 Å². The van der Waals surface area contributed by atoms with Crippen LogP contribution in [0.2, 0.25) is 0 Å². The molecule has 0 fully saturated rings. The molecule has 0 bridgehead atoms. The summed E-state index contributed by atoms with van der Waals surface area (Å²) in [7, 11) is 0. The Morgan fingerprint density at radius 2 is 2.07 bits per heavy atom. The maximum atomic E-state index is 12.7. The van der Waals surface area contributed by atoms with Gasteiger partial charge in [0.15, 0.2) is 5.17 Å². The monoisotopic (exact) mass is 221 g/mol. The zero-order chi connectivity index (χ0) is 10.8. The van der Waals surface area contributed by atoms with Crippen LogP contribution in [0.3, 0.4) is 0 Å². The largest absolute Gasteiger partial charge is 0.378 e. The van der Waals surface area contributed by atoms with Crippen molar-refractivity contribution in [2.24, 2.45) is 10.7 Å². The highest BCUT2D eigenvalue weighted by Crippen LogP contribution is 2.35. The van der Waals surface area contributed by atoms with Crippen LogP contribution in [0.1, 0.15) is 11.6 Å². The minimum Gasteiger partial charge on any atom is -0.378 e. The number of thioether (sulfide) groups is 1. The first-order chi connectivity index (χ1) is 7.20. The summed E-state index contributed by atoms with van der Waals surface area (Å²) in [6.45, 7) is 0. The Labute approximate surface area is 90.8 Å². The molecule has 0 radical (unpaired) electrons. The molecule has 2 unspecified atom stereocenters. The molecule has 0 saturated heterocycles. The van der Waals surface area contributed by atoms with Crippen LogP contribution in [0.25, 0.3) is 0 Å². The first-order valence-corrected chi connectivity index (χ1v) is 5.23. The second-order valence-electron chi connectivity index (χ2n) is 3.13. The van der Waals surface area contributed by atoms with Gasteiger partial charge >= 0.3 is 0 Å². The number of nitrogens with zero attached hydrogens (tertiary/aromatic N) is 2. The molecule has 2 rings (SSSR count). The van der Waals surface area contributed by atoms with Crippen molar-refractivity contribution in [2.75, 3.05) is 0 Å². The SMILES string of the molecule is N#CC1SC(N)=NC1c1ccc(F)cc1. The van der Waals surface area contributed by atoms with Crippen molar-refractivity contribution in [3.8, 4) is 6.07 Å². The molecule has 2 N–H and O–H groups in total. The lowest BCUT2D eigenvalue weighted by Gasteiger charge is -2.09. The molecule has 0 amide bonds. The third-order valence-electron chi connectivity index (χ3n) is 2.14. The number of nitriles is 1. The Hall–Kier alpha value is -1.54. The Morgan fingerprint density at radius 3 is 2.67 bits per heavy atom. The van der Waals surface area contributed by atoms with Gasteiger partial charge in [0.25, 0.3) is 0 Å². The summed E-state index contributed by atoms with van der Waals surface area (Å²) >= 11 is 1.25. The van der Waals surface area contributed by atoms with Gasteiger partial charge in [-0.3, -0.25) is 4.99 Å². The Morgan fingerprint density at radius 1 is 1.40 bits per heavy atom. The van der Waals surface area contributed by atoms with Crippen molar-refractivity contribution in [1.29, 1.82) is 5.26 Å². The number of amidine groups is 1. The highest BCUT2D eigenvalue weighted by molar-refractivity contribution is 8.14. The van der Waals surface area contributed by atoms with Crippen molar-refractivity contribution in [2.45, 2.75) is 11.3 Å². The van der Waals surface area contributed by atoms with Crippen molar-refractivity contribution in [1.82, 2.24) is 0 Å². The third-order valence-corrected chi connectivity index (χ3v) is 3.10. The Bertz CT molecular complexity index is 435. The van der Waals surface area contributed by atoms with Crippen LogP contribution in [-0.2, 0) is 0 Å². The summed E-state index contributed by atoms with van der Waals surface area (Å²) in [6.07, 6.45) is 0. The molecule has 2 atom stereocenters. The Balaban J connectivity index is 2.31. The molecular formula is C10H8FN3S. The van der Waals surface area contributed by atoms with E-state index >= 15 is 0 Å². The van der Waals surface area contributed by atoms with Gasteiger partial charge in [0.1, 0.15) is 17.1 Å². The predicted molar refractivity (Wildman–Crippen MR) is 57.8 cm³/mol. The van der Waals surface area contributed by atoms with E-state index < -0.39 is 0 Å². The van der Waals surface area contributed by atoms with Crippen LogP contribution in [0.5, 0.6) is 0 Å². The summed E-state index contributed by atoms with van der Waals surface area (Å²) in [6, 6.07) is 7.84. The zero-order valence-electron chi connectivity index (χ0n) is 7.72. The van der Waals surface area contributed by atoms with Crippen molar-refractivity contribution in [3.63, 3.8) is 0 Å². The van der Waals surface area contributed by atoms with Gasteiger partial charge in [-0.1, -0.05) is 23.9 Å². The van der Waals surface area contributed by atoms with E-state index in [9.17, 15) is 4.39 Å². The second-order valence-corrected chi connectivity index (χ2v) is 4.29. The molecule has 3 nitrogen and oxygen atoms in total. The van der Waals surface area contributed by atoms with E-state index in [0.29, 0.717) is 5.17 Å². The summed E-state index contributed by atoms with van der Waals surface area (Å²) in [5.41, 5.74) is 6.36. The molecule has 0 aliphatic carbocycles. The summed E-state index contributed by atoms with van der Waals surface area (Å²) in [5, 5.41) is 9.00. The van der Waals surface area contributed by atoms with Crippen LogP contribution in [0.4, 0.5) is 4.39 Å². The third kappa shape index (κ3) is 1.95. The Kier molecular flexibility index (Phi) is 2.60. The number of rotatable bonds is 1. The normalized spacial score (nSPS) is 24.7. The van der Waals surface area contributed by atoms with E-state index in [0.717, 1.165) is 5.56 Å². The molecule has 1 aliphatic heterocycles. The number of benzene rings is 1. The van der Waals surface area contributed by atoms with Gasteiger partial charge in [0.2, 0.25) is 0 Å². The quantitative estimate of drug-likeness (QED) is 0.786. The second kappa shape index (κ2) is 3.91. The average Bonchev–Trinajstić information content (AvgIpc) is 2.61. The zero-order valence-corrected chi connectivity index (χ0v) is 8.54. The van der Waals surface area contributed by atoms with E-state index in [2.05, 4.69) is 11.1 Å². The van der Waals surface area contributed by atoms with Crippen LogP contribution in [0.15, 0.2) is 29.3 Å². The van der Waals surface area contributed by atoms with Crippen molar-refractivity contribution < 1.29 is 4.39 Å². The standard InChI is InChI=1S/C10H8FN3S/c11-7-3-1-6(2-4-7)9-8(5-12)15-10(13)14-9/h1-4,8-9H,(H2,13,14). The van der Waals surface area contributed by atoms with E-state index in [-0.39, 0.29) is 17.1 Å². The fourth-order valence-corrected chi connectivity index (χ4v) is 2.27. The number of nitrogens with two attached hydrogens (primary N) is 1. The molecule has 0 saturated carbocycles. The summed E-state index contributed by atoms with van der Waals surface area (Å²) in [5.74, 6) is -0.296. The van der Waals surface area contributed by atoms with Gasteiger partial charge in [-0.25, -0.2) is 4.39 Å². The highest BCUT2D eigenvalue weighted by Gasteiger charge is 2.30. The van der Waals surface area contributed by atoms with Gasteiger partial charge in [0.05, 0.1) is 6.07 Å². The lowest BCUT2D eigenvalue weighted by atomic mass is 10.0. The van der Waals surface area contributed by atoms with Gasteiger partial charge in [0, 0.05) is 0 Å². The van der Waals surface area contributed by atoms with Crippen molar-refractivity contribution in [3.05, 3.63) is 35.6 Å². The minimum atomic E-state index is -0.310. The highest BCUT2D eigenvalue weighted by atomic mass is 32.2. The average molecular weight is 221 g/mol. The molecular weight excluding hydrogens is 213 g/mol. The first kappa shape index (κ1) is 9.99. The molecule has 0 aromatic heterocycles. The lowest BCUT2D eigenvalue weighted by Crippen LogP contribution is -2.07. The molecule has 1 aliphatic rings. The summed E-state index contributed by atoms with van der Waals surface area (Å²) in [4.78, 5) is 4.15. The number of hydrogen-bond acceptors (Lipinski definition) is 4. The first-order valence-electron chi connectivity index (χ1n) is 4.35. The maximum absolute atomic E-state index is 12.7. The molecule has 1 heterocycles. The molecule has 76 valence electrons. The van der Waals surface area contributed by atoms with E-state index in [1.165, 1.54) is 23.9 Å². The smallest absolute Gasteiger partial charge is 0.155 e. The predicted octanol–water partition coefficient (Wildman–Crippen LogP) is 1.82. The molecule has 1 aromatic carbocycles.